The minimum absolute atomic E-state index is 0.197. The summed E-state index contributed by atoms with van der Waals surface area (Å²) in [5.41, 5.74) is 2.05. The van der Waals surface area contributed by atoms with Crippen molar-refractivity contribution < 1.29 is 38.5 Å². The van der Waals surface area contributed by atoms with Gasteiger partial charge in [-0.2, -0.15) is 0 Å². The van der Waals surface area contributed by atoms with Crippen LogP contribution in [0.3, 0.4) is 0 Å². The van der Waals surface area contributed by atoms with Gasteiger partial charge in [0.1, 0.15) is 24.0 Å². The first kappa shape index (κ1) is 33.2. The normalized spacial score (nSPS) is 15.6. The molecular weight excluding hydrogens is 554 g/mol. The average Bonchev–Trinajstić information content (AvgIpc) is 2.95. The lowest BCUT2D eigenvalue weighted by Crippen LogP contribution is -2.48. The lowest BCUT2D eigenvalue weighted by atomic mass is 9.94. The number of nitrogens with zero attached hydrogens (tertiary/aromatic N) is 1. The summed E-state index contributed by atoms with van der Waals surface area (Å²) in [5, 5.41) is 14.6. The first-order chi connectivity index (χ1) is 20.4. The number of hydrogen-bond acceptors (Lipinski definition) is 7. The van der Waals surface area contributed by atoms with Crippen LogP contribution in [0.25, 0.3) is 0 Å². The first-order valence-electron chi connectivity index (χ1n) is 14.6. The number of benzene rings is 2. The molecular formula is C32H43N3O8. The van der Waals surface area contributed by atoms with E-state index >= 15 is 0 Å². The number of carbonyl (C=O) groups excluding carboxylic acids is 3. The van der Waals surface area contributed by atoms with E-state index in [1.54, 1.807) is 25.7 Å². The maximum Gasteiger partial charge on any atom is 0.408 e. The molecule has 3 rings (SSSR count). The van der Waals surface area contributed by atoms with Crippen molar-refractivity contribution in [3.8, 4) is 5.75 Å². The van der Waals surface area contributed by atoms with Crippen molar-refractivity contribution in [3.05, 3.63) is 65.2 Å². The third-order valence-electron chi connectivity index (χ3n) is 6.99. The molecule has 0 spiro atoms. The Morgan fingerprint density at radius 1 is 1.07 bits per heavy atom. The Morgan fingerprint density at radius 2 is 1.81 bits per heavy atom. The first-order valence-corrected chi connectivity index (χ1v) is 14.6. The van der Waals surface area contributed by atoms with Gasteiger partial charge in [-0.1, -0.05) is 36.4 Å². The molecule has 43 heavy (non-hydrogen) atoms. The van der Waals surface area contributed by atoms with E-state index in [0.717, 1.165) is 36.0 Å². The number of nitrogens with one attached hydrogen (secondary N) is 2. The molecule has 2 atom stereocenters. The summed E-state index contributed by atoms with van der Waals surface area (Å²) in [7, 11) is 0. The van der Waals surface area contributed by atoms with Crippen molar-refractivity contribution in [2.75, 3.05) is 19.7 Å². The summed E-state index contributed by atoms with van der Waals surface area (Å²) in [6.07, 6.45) is 0.724. The summed E-state index contributed by atoms with van der Waals surface area (Å²) < 4.78 is 16.4. The number of carboxylic acids is 1. The van der Waals surface area contributed by atoms with Crippen LogP contribution >= 0.6 is 0 Å². The van der Waals surface area contributed by atoms with Crippen LogP contribution in [0.2, 0.25) is 0 Å². The van der Waals surface area contributed by atoms with Gasteiger partial charge in [-0.25, -0.2) is 14.4 Å². The quantitative estimate of drug-likeness (QED) is 0.317. The average molecular weight is 598 g/mol. The molecule has 0 radical (unpaired) electrons. The minimum atomic E-state index is -1.37. The third kappa shape index (κ3) is 11.9. The predicted octanol–water partition coefficient (Wildman–Crippen LogP) is 4.80. The van der Waals surface area contributed by atoms with Gasteiger partial charge in [0.2, 0.25) is 5.91 Å². The van der Waals surface area contributed by atoms with Gasteiger partial charge in [0.05, 0.1) is 13.0 Å². The van der Waals surface area contributed by atoms with Crippen molar-refractivity contribution in [2.45, 2.75) is 78.2 Å². The van der Waals surface area contributed by atoms with Crippen LogP contribution in [-0.4, -0.2) is 65.4 Å². The number of carbonyl (C=O) groups is 4. The summed E-state index contributed by atoms with van der Waals surface area (Å²) >= 11 is 0. The van der Waals surface area contributed by atoms with Gasteiger partial charge >= 0.3 is 18.2 Å². The zero-order valence-corrected chi connectivity index (χ0v) is 25.4. The fourth-order valence-corrected chi connectivity index (χ4v) is 4.69. The van der Waals surface area contributed by atoms with Crippen molar-refractivity contribution >= 4 is 24.1 Å². The summed E-state index contributed by atoms with van der Waals surface area (Å²) in [6.45, 7) is 8.96. The molecule has 11 nitrogen and oxygen atoms in total. The highest BCUT2D eigenvalue weighted by Crippen LogP contribution is 2.23. The number of ether oxygens (including phenoxy) is 3. The Labute approximate surface area is 252 Å². The van der Waals surface area contributed by atoms with Crippen molar-refractivity contribution in [1.29, 1.82) is 0 Å². The van der Waals surface area contributed by atoms with Gasteiger partial charge in [0.15, 0.2) is 0 Å². The molecule has 1 fully saturated rings. The summed E-state index contributed by atoms with van der Waals surface area (Å²) in [5.74, 6) is -0.739. The molecule has 0 aromatic heterocycles. The van der Waals surface area contributed by atoms with Gasteiger partial charge in [0, 0.05) is 19.6 Å². The number of amides is 3. The Hall–Kier alpha value is -4.28. The number of carboxylic acid groups (broad SMARTS) is 1. The van der Waals surface area contributed by atoms with E-state index in [9.17, 15) is 24.3 Å². The minimum Gasteiger partial charge on any atom is -0.494 e. The molecule has 0 bridgehead atoms. The molecule has 3 amide bonds. The van der Waals surface area contributed by atoms with Crippen molar-refractivity contribution in [1.82, 2.24) is 15.5 Å². The van der Waals surface area contributed by atoms with E-state index < -0.39 is 29.8 Å². The maximum atomic E-state index is 12.9. The number of rotatable bonds is 12. The fourth-order valence-electron chi connectivity index (χ4n) is 4.69. The molecule has 234 valence electrons. The monoisotopic (exact) mass is 597 g/mol. The van der Waals surface area contributed by atoms with E-state index in [0.29, 0.717) is 32.0 Å². The highest BCUT2D eigenvalue weighted by atomic mass is 16.6. The molecule has 0 aliphatic carbocycles. The van der Waals surface area contributed by atoms with Crippen molar-refractivity contribution in [2.24, 2.45) is 5.92 Å². The third-order valence-corrected chi connectivity index (χ3v) is 6.99. The second kappa shape index (κ2) is 15.8. The van der Waals surface area contributed by atoms with Crippen LogP contribution in [0.15, 0.2) is 48.5 Å². The molecule has 2 aromatic carbocycles. The van der Waals surface area contributed by atoms with Gasteiger partial charge in [-0.15, -0.1) is 0 Å². The molecule has 1 aliphatic heterocycles. The second-order valence-electron chi connectivity index (χ2n) is 11.7. The number of hydrogen-bond donors (Lipinski definition) is 3. The molecule has 3 N–H and O–H groups in total. The Kier molecular flexibility index (Phi) is 12.2. The van der Waals surface area contributed by atoms with Gasteiger partial charge in [0.25, 0.3) is 0 Å². The van der Waals surface area contributed by atoms with Crippen LogP contribution < -0.4 is 15.4 Å². The summed E-state index contributed by atoms with van der Waals surface area (Å²) in [6, 6.07) is 13.8. The van der Waals surface area contributed by atoms with Crippen LogP contribution in [0.1, 0.15) is 63.1 Å². The van der Waals surface area contributed by atoms with E-state index in [4.69, 9.17) is 14.2 Å². The van der Waals surface area contributed by atoms with Crippen LogP contribution in [0, 0.1) is 12.8 Å². The van der Waals surface area contributed by atoms with Gasteiger partial charge in [-0.3, -0.25) is 4.79 Å². The van der Waals surface area contributed by atoms with Crippen molar-refractivity contribution in [3.63, 3.8) is 0 Å². The zero-order valence-electron chi connectivity index (χ0n) is 25.4. The predicted molar refractivity (Wildman–Crippen MR) is 159 cm³/mol. The molecule has 11 heteroatoms. The van der Waals surface area contributed by atoms with Crippen LogP contribution in [-0.2, 0) is 32.2 Å². The van der Waals surface area contributed by atoms with E-state index in [2.05, 4.69) is 10.6 Å². The highest BCUT2D eigenvalue weighted by Gasteiger charge is 2.30. The van der Waals surface area contributed by atoms with E-state index in [-0.39, 0.29) is 24.9 Å². The maximum absolute atomic E-state index is 12.9. The highest BCUT2D eigenvalue weighted by molar-refractivity contribution is 5.87. The zero-order chi connectivity index (χ0) is 31.4. The second-order valence-corrected chi connectivity index (χ2v) is 11.7. The molecule has 0 saturated carbocycles. The largest absolute Gasteiger partial charge is 0.494 e. The van der Waals surface area contributed by atoms with E-state index in [1.807, 2.05) is 55.5 Å². The molecule has 1 unspecified atom stereocenters. The molecule has 1 saturated heterocycles. The van der Waals surface area contributed by atoms with E-state index in [1.165, 1.54) is 0 Å². The molecule has 1 heterocycles. The Balaban J connectivity index is 1.43. The van der Waals surface area contributed by atoms with Gasteiger partial charge < -0.3 is 34.9 Å². The Morgan fingerprint density at radius 3 is 2.51 bits per heavy atom. The number of aliphatic carboxylic acids is 1. The Bertz CT molecular complexity index is 1240. The summed E-state index contributed by atoms with van der Waals surface area (Å²) in [4.78, 5) is 50.4. The topological polar surface area (TPSA) is 144 Å². The molecule has 2 aromatic rings. The van der Waals surface area contributed by atoms with Crippen LogP contribution in [0.5, 0.6) is 5.75 Å². The standard InChI is InChI=1S/C32H43N3O8/c1-22-12-13-26(17-25(22)19-33-30(39)42-21-24-9-6-5-7-10-24)41-16-14-23-11-8-15-35(20-23)28(36)18-27(29(37)38)34-31(40)43-32(2,3)4/h5-7,9-10,12-13,17,23,27H,8,11,14-16,18-21H2,1-4H3,(H,33,39)(H,34,40)(H,37,38)/t23?,27-/m0/s1. The number of aryl methyl sites for hydroxylation is 1. The number of alkyl carbamates (subject to hydrolysis) is 2. The lowest BCUT2D eigenvalue weighted by Gasteiger charge is -2.33. The number of piperidine rings is 1. The SMILES string of the molecule is Cc1ccc(OCCC2CCCN(C(=O)C[C@H](NC(=O)OC(C)(C)C)C(=O)O)C2)cc1CNC(=O)OCc1ccccc1. The lowest BCUT2D eigenvalue weighted by molar-refractivity contribution is -0.144. The molecule has 1 aliphatic rings. The smallest absolute Gasteiger partial charge is 0.408 e. The van der Waals surface area contributed by atoms with Gasteiger partial charge in [-0.05, 0) is 81.7 Å². The van der Waals surface area contributed by atoms with Crippen LogP contribution in [0.4, 0.5) is 9.59 Å². The number of likely N-dealkylation sites (tertiary alicyclic amines) is 1. The fraction of sp³-hybridized carbons (Fsp3) is 0.500.